The Morgan fingerprint density at radius 2 is 1.19 bits per heavy atom. The maximum Gasteiger partial charge on any atom is 0.266 e. The second-order valence-corrected chi connectivity index (χ2v) is 6.84. The number of nitrogens with zero attached hydrogens (tertiary/aromatic N) is 1. The number of amides is 2. The Morgan fingerprint density at radius 3 is 1.70 bits per heavy atom. The van der Waals surface area contributed by atoms with E-state index in [1.54, 1.807) is 48.5 Å². The van der Waals surface area contributed by atoms with Gasteiger partial charge in [0.05, 0.1) is 11.1 Å². The first-order chi connectivity index (χ1) is 13.1. The number of rotatable bonds is 3. The van der Waals surface area contributed by atoms with Gasteiger partial charge in [0.2, 0.25) is 11.6 Å². The van der Waals surface area contributed by atoms with E-state index in [0.717, 1.165) is 17.7 Å². The molecule has 6 heteroatoms. The Hall–Kier alpha value is -3.54. The molecule has 132 valence electrons. The summed E-state index contributed by atoms with van der Waals surface area (Å²) in [7, 11) is 0. The molecule has 5 rings (SSSR count). The number of fused-ring (bicyclic) bond motifs is 2. The van der Waals surface area contributed by atoms with E-state index in [1.165, 1.54) is 0 Å². The number of hydrogen-bond donors (Lipinski definition) is 1. The van der Waals surface area contributed by atoms with Crippen LogP contribution >= 0.6 is 0 Å². The highest BCUT2D eigenvalue weighted by Gasteiger charge is 2.45. The molecular formula is C21H14N2O4. The summed E-state index contributed by atoms with van der Waals surface area (Å²) in [6.07, 6.45) is 1.75. The molecule has 6 nitrogen and oxygen atoms in total. The minimum absolute atomic E-state index is 0.0377. The Kier molecular flexibility index (Phi) is 3.18. The summed E-state index contributed by atoms with van der Waals surface area (Å²) in [5.74, 6) is -2.03. The number of hydrogen-bond acceptors (Lipinski definition) is 5. The van der Waals surface area contributed by atoms with E-state index in [0.29, 0.717) is 0 Å². The van der Waals surface area contributed by atoms with Crippen molar-refractivity contribution in [3.8, 4) is 0 Å². The second-order valence-electron chi connectivity index (χ2n) is 6.84. The first-order valence-electron chi connectivity index (χ1n) is 8.75. The zero-order chi connectivity index (χ0) is 18.7. The molecule has 1 aliphatic heterocycles. The highest BCUT2D eigenvalue weighted by Crippen LogP contribution is 2.34. The maximum atomic E-state index is 13.2. The van der Waals surface area contributed by atoms with Gasteiger partial charge in [0, 0.05) is 17.2 Å². The van der Waals surface area contributed by atoms with Gasteiger partial charge in [-0.05, 0) is 25.0 Å². The fourth-order valence-corrected chi connectivity index (χ4v) is 3.53. The Bertz CT molecular complexity index is 1060. The number of ketones is 2. The molecule has 0 aromatic heterocycles. The number of carbonyl (C=O) groups excluding carboxylic acids is 4. The first-order valence-corrected chi connectivity index (χ1v) is 8.75. The van der Waals surface area contributed by atoms with E-state index >= 15 is 0 Å². The SMILES string of the molecule is O=C1C(NC2CC2)=C(N2C(=O)c3ccccc3C2=O)C(=O)c2ccccc21. The van der Waals surface area contributed by atoms with Crippen molar-refractivity contribution < 1.29 is 19.2 Å². The minimum atomic E-state index is -0.582. The summed E-state index contributed by atoms with van der Waals surface area (Å²) in [5, 5.41) is 3.07. The smallest absolute Gasteiger partial charge is 0.266 e. The van der Waals surface area contributed by atoms with Gasteiger partial charge in [-0.3, -0.25) is 19.2 Å². The van der Waals surface area contributed by atoms with Gasteiger partial charge in [0.1, 0.15) is 11.4 Å². The van der Waals surface area contributed by atoms with Crippen LogP contribution in [0.5, 0.6) is 0 Å². The molecule has 0 saturated heterocycles. The lowest BCUT2D eigenvalue weighted by atomic mass is 9.89. The van der Waals surface area contributed by atoms with Gasteiger partial charge in [-0.25, -0.2) is 4.90 Å². The number of imide groups is 1. The molecule has 2 aliphatic carbocycles. The second kappa shape index (κ2) is 5.48. The standard InChI is InChI=1S/C21H14N2O4/c24-18-12-5-1-2-6-13(12)19(25)17(16(18)22-11-9-10-11)23-20(26)14-7-3-4-8-15(14)21(23)27/h1-8,11,22H,9-10H2. The van der Waals surface area contributed by atoms with E-state index in [-0.39, 0.29) is 45.5 Å². The number of benzene rings is 2. The van der Waals surface area contributed by atoms with Crippen molar-refractivity contribution in [3.63, 3.8) is 0 Å². The highest BCUT2D eigenvalue weighted by atomic mass is 16.2. The van der Waals surface area contributed by atoms with Gasteiger partial charge >= 0.3 is 0 Å². The first kappa shape index (κ1) is 15.7. The van der Waals surface area contributed by atoms with Crippen LogP contribution in [0.15, 0.2) is 59.9 Å². The predicted molar refractivity (Wildman–Crippen MR) is 95.2 cm³/mol. The van der Waals surface area contributed by atoms with Crippen molar-refractivity contribution in [1.82, 2.24) is 10.2 Å². The van der Waals surface area contributed by atoms with E-state index < -0.39 is 17.6 Å². The van der Waals surface area contributed by atoms with E-state index in [9.17, 15) is 19.2 Å². The van der Waals surface area contributed by atoms with Gasteiger partial charge in [0.15, 0.2) is 0 Å². The number of nitrogens with one attached hydrogen (secondary N) is 1. The molecule has 2 aromatic rings. The van der Waals surface area contributed by atoms with Gasteiger partial charge < -0.3 is 5.32 Å². The van der Waals surface area contributed by atoms with Crippen molar-refractivity contribution >= 4 is 23.4 Å². The van der Waals surface area contributed by atoms with Gasteiger partial charge in [0.25, 0.3) is 11.8 Å². The average molecular weight is 358 g/mol. The molecule has 0 spiro atoms. The molecule has 2 amide bonds. The monoisotopic (exact) mass is 358 g/mol. The summed E-state index contributed by atoms with van der Waals surface area (Å²) >= 11 is 0. The zero-order valence-electron chi connectivity index (χ0n) is 14.2. The molecule has 1 heterocycles. The lowest BCUT2D eigenvalue weighted by molar-refractivity contribution is 0.0672. The molecule has 1 N–H and O–H groups in total. The summed E-state index contributed by atoms with van der Waals surface area (Å²) in [4.78, 5) is 52.9. The number of allylic oxidation sites excluding steroid dienone is 2. The van der Waals surface area contributed by atoms with Crippen molar-refractivity contribution in [2.75, 3.05) is 0 Å². The average Bonchev–Trinajstić information content (AvgIpc) is 3.48. The van der Waals surface area contributed by atoms with Crippen molar-refractivity contribution in [2.45, 2.75) is 18.9 Å². The number of Topliss-reactive ketones (excluding diaryl/α,β-unsaturated/α-hetero) is 2. The van der Waals surface area contributed by atoms with Crippen LogP contribution in [0, 0.1) is 0 Å². The highest BCUT2D eigenvalue weighted by molar-refractivity contribution is 6.32. The lowest BCUT2D eigenvalue weighted by Gasteiger charge is -2.26. The summed E-state index contributed by atoms with van der Waals surface area (Å²) in [6, 6.07) is 13.0. The third-order valence-corrected chi connectivity index (χ3v) is 5.04. The largest absolute Gasteiger partial charge is 0.377 e. The Morgan fingerprint density at radius 1 is 0.704 bits per heavy atom. The van der Waals surface area contributed by atoms with Gasteiger partial charge in [-0.2, -0.15) is 0 Å². The summed E-state index contributed by atoms with van der Waals surface area (Å²) < 4.78 is 0. The van der Waals surface area contributed by atoms with Crippen LogP contribution in [0.25, 0.3) is 0 Å². The fourth-order valence-electron chi connectivity index (χ4n) is 3.53. The molecule has 0 unspecified atom stereocenters. The molecule has 27 heavy (non-hydrogen) atoms. The quantitative estimate of drug-likeness (QED) is 0.852. The third-order valence-electron chi connectivity index (χ3n) is 5.04. The fraction of sp³-hybridized carbons (Fsp3) is 0.143. The van der Waals surface area contributed by atoms with Crippen LogP contribution in [0.2, 0.25) is 0 Å². The van der Waals surface area contributed by atoms with Crippen molar-refractivity contribution in [1.29, 1.82) is 0 Å². The van der Waals surface area contributed by atoms with Crippen LogP contribution in [-0.2, 0) is 0 Å². The van der Waals surface area contributed by atoms with Crippen molar-refractivity contribution in [3.05, 3.63) is 82.2 Å². The molecule has 0 radical (unpaired) electrons. The molecule has 0 bridgehead atoms. The maximum absolute atomic E-state index is 13.2. The van der Waals surface area contributed by atoms with E-state index in [2.05, 4.69) is 5.32 Å². The van der Waals surface area contributed by atoms with E-state index in [1.807, 2.05) is 0 Å². The van der Waals surface area contributed by atoms with Crippen LogP contribution in [0.4, 0.5) is 0 Å². The van der Waals surface area contributed by atoms with Crippen LogP contribution in [0.1, 0.15) is 54.3 Å². The van der Waals surface area contributed by atoms with Gasteiger partial charge in [-0.1, -0.05) is 36.4 Å². The molecule has 2 aromatic carbocycles. The summed E-state index contributed by atoms with van der Waals surface area (Å²) in [6.45, 7) is 0. The predicted octanol–water partition coefficient (Wildman–Crippen LogP) is 2.33. The van der Waals surface area contributed by atoms with Gasteiger partial charge in [-0.15, -0.1) is 0 Å². The summed E-state index contributed by atoms with van der Waals surface area (Å²) in [5.41, 5.74) is 0.827. The van der Waals surface area contributed by atoms with Crippen LogP contribution in [-0.4, -0.2) is 34.3 Å². The molecule has 0 atom stereocenters. The van der Waals surface area contributed by atoms with Crippen molar-refractivity contribution in [2.24, 2.45) is 0 Å². The number of carbonyl (C=O) groups is 4. The van der Waals surface area contributed by atoms with Crippen LogP contribution in [0.3, 0.4) is 0 Å². The zero-order valence-corrected chi connectivity index (χ0v) is 14.2. The normalized spacial score (nSPS) is 18.7. The Balaban J connectivity index is 1.71. The van der Waals surface area contributed by atoms with E-state index in [4.69, 9.17) is 0 Å². The Labute approximate surface area is 154 Å². The molecule has 3 aliphatic rings. The lowest BCUT2D eigenvalue weighted by Crippen LogP contribution is -2.41. The molecular weight excluding hydrogens is 344 g/mol. The van der Waals surface area contributed by atoms with Crippen LogP contribution < -0.4 is 5.32 Å². The minimum Gasteiger partial charge on any atom is -0.377 e. The topological polar surface area (TPSA) is 83.6 Å². The third kappa shape index (κ3) is 2.19. The molecule has 1 saturated carbocycles. The molecule has 1 fully saturated rings.